The van der Waals surface area contributed by atoms with Crippen molar-refractivity contribution < 1.29 is 4.79 Å². The average molecular weight is 225 g/mol. The number of rotatable bonds is 5. The van der Waals surface area contributed by atoms with Gasteiger partial charge in [-0.3, -0.25) is 9.48 Å². The van der Waals surface area contributed by atoms with Gasteiger partial charge < -0.3 is 16.8 Å². The third kappa shape index (κ3) is 2.44. The summed E-state index contributed by atoms with van der Waals surface area (Å²) in [6, 6.07) is -0.466. The highest BCUT2D eigenvalue weighted by molar-refractivity contribution is 5.83. The molecule has 6 heteroatoms. The Kier molecular flexibility index (Phi) is 3.76. The van der Waals surface area contributed by atoms with Crippen LogP contribution in [0.3, 0.4) is 0 Å². The predicted octanol–water partition coefficient (Wildman–Crippen LogP) is 0.241. The van der Waals surface area contributed by atoms with Crippen LogP contribution in [0.25, 0.3) is 0 Å². The summed E-state index contributed by atoms with van der Waals surface area (Å²) in [6.07, 6.45) is 1.80. The number of nitrogens with two attached hydrogens (primary N) is 2. The van der Waals surface area contributed by atoms with Gasteiger partial charge in [-0.05, 0) is 13.3 Å². The lowest BCUT2D eigenvalue weighted by atomic mass is 10.2. The lowest BCUT2D eigenvalue weighted by Crippen LogP contribution is -2.33. The molecule has 1 heterocycles. The summed E-state index contributed by atoms with van der Waals surface area (Å²) in [4.78, 5) is 10.9. The van der Waals surface area contributed by atoms with Gasteiger partial charge in [0.2, 0.25) is 5.91 Å². The third-order valence-electron chi connectivity index (χ3n) is 2.43. The molecule has 0 saturated heterocycles. The number of amides is 1. The monoisotopic (exact) mass is 225 g/mol. The maximum Gasteiger partial charge on any atom is 0.239 e. The molecule has 0 aliphatic rings. The molecule has 1 unspecified atom stereocenters. The summed E-state index contributed by atoms with van der Waals surface area (Å²) >= 11 is 0. The first-order valence-electron chi connectivity index (χ1n) is 5.34. The lowest BCUT2D eigenvalue weighted by molar-refractivity contribution is -0.118. The Labute approximate surface area is 95.0 Å². The van der Waals surface area contributed by atoms with E-state index in [0.29, 0.717) is 11.5 Å². The minimum Gasteiger partial charge on any atom is -0.394 e. The quantitative estimate of drug-likeness (QED) is 0.668. The fourth-order valence-electron chi connectivity index (χ4n) is 1.46. The molecule has 0 aliphatic carbocycles. The number of hydrogen-bond acceptors (Lipinski definition) is 4. The number of nitrogen functional groups attached to an aromatic ring is 1. The van der Waals surface area contributed by atoms with Gasteiger partial charge in [-0.15, -0.1) is 0 Å². The van der Waals surface area contributed by atoms with Crippen LogP contribution in [0, 0.1) is 0 Å². The van der Waals surface area contributed by atoms with Crippen molar-refractivity contribution in [3.63, 3.8) is 0 Å². The first kappa shape index (κ1) is 12.4. The molecule has 0 radical (unpaired) electrons. The molecule has 16 heavy (non-hydrogen) atoms. The standard InChI is InChI=1S/C10H19N5O/c1-4-5-7-8(11)10(15(3)14-7)13-6(2)9(12)16/h6,13H,4-5,11H2,1-3H3,(H2,12,16). The summed E-state index contributed by atoms with van der Waals surface area (Å²) in [5, 5.41) is 7.25. The summed E-state index contributed by atoms with van der Waals surface area (Å²) in [6.45, 7) is 3.75. The van der Waals surface area contributed by atoms with Crippen LogP contribution in [-0.4, -0.2) is 21.7 Å². The van der Waals surface area contributed by atoms with Gasteiger partial charge in [0.1, 0.15) is 11.9 Å². The largest absolute Gasteiger partial charge is 0.394 e. The molecule has 1 amide bonds. The van der Waals surface area contributed by atoms with Crippen molar-refractivity contribution in [3.05, 3.63) is 5.69 Å². The number of primary amides is 1. The van der Waals surface area contributed by atoms with Crippen LogP contribution in [0.15, 0.2) is 0 Å². The molecule has 0 saturated carbocycles. The minimum atomic E-state index is -0.466. The topological polar surface area (TPSA) is 99.0 Å². The fourth-order valence-corrected chi connectivity index (χ4v) is 1.46. The molecular formula is C10H19N5O. The van der Waals surface area contributed by atoms with Gasteiger partial charge in [-0.25, -0.2) is 0 Å². The molecular weight excluding hydrogens is 206 g/mol. The molecule has 0 aromatic carbocycles. The van der Waals surface area contributed by atoms with Crippen molar-refractivity contribution in [1.82, 2.24) is 9.78 Å². The van der Waals surface area contributed by atoms with Crippen LogP contribution >= 0.6 is 0 Å². The summed E-state index contributed by atoms with van der Waals surface area (Å²) < 4.78 is 1.64. The number of carbonyl (C=O) groups is 1. The van der Waals surface area contributed by atoms with Crippen molar-refractivity contribution in [3.8, 4) is 0 Å². The van der Waals surface area contributed by atoms with Gasteiger partial charge >= 0.3 is 0 Å². The zero-order chi connectivity index (χ0) is 12.3. The molecule has 6 nitrogen and oxygen atoms in total. The van der Waals surface area contributed by atoms with Gasteiger partial charge in [0.25, 0.3) is 0 Å². The van der Waals surface area contributed by atoms with Crippen molar-refractivity contribution in [2.24, 2.45) is 12.8 Å². The molecule has 1 atom stereocenters. The van der Waals surface area contributed by atoms with E-state index >= 15 is 0 Å². The van der Waals surface area contributed by atoms with E-state index in [1.54, 1.807) is 18.7 Å². The van der Waals surface area contributed by atoms with Crippen molar-refractivity contribution >= 4 is 17.4 Å². The van der Waals surface area contributed by atoms with Crippen LogP contribution in [0.5, 0.6) is 0 Å². The first-order valence-corrected chi connectivity index (χ1v) is 5.34. The second-order valence-electron chi connectivity index (χ2n) is 3.85. The van der Waals surface area contributed by atoms with Crippen LogP contribution < -0.4 is 16.8 Å². The first-order chi connectivity index (χ1) is 7.47. The minimum absolute atomic E-state index is 0.419. The highest BCUT2D eigenvalue weighted by Crippen LogP contribution is 2.23. The average Bonchev–Trinajstić information content (AvgIpc) is 2.46. The molecule has 1 aromatic rings. The smallest absolute Gasteiger partial charge is 0.239 e. The van der Waals surface area contributed by atoms with E-state index in [9.17, 15) is 4.79 Å². The van der Waals surface area contributed by atoms with Crippen LogP contribution in [0.4, 0.5) is 11.5 Å². The van der Waals surface area contributed by atoms with E-state index in [4.69, 9.17) is 11.5 Å². The predicted molar refractivity (Wildman–Crippen MR) is 63.9 cm³/mol. The van der Waals surface area contributed by atoms with Gasteiger partial charge in [0.15, 0.2) is 0 Å². The van der Waals surface area contributed by atoms with Gasteiger partial charge in [-0.2, -0.15) is 5.10 Å². The van der Waals surface area contributed by atoms with Gasteiger partial charge in [0, 0.05) is 7.05 Å². The fraction of sp³-hybridized carbons (Fsp3) is 0.600. The van der Waals surface area contributed by atoms with Crippen LogP contribution in [0.2, 0.25) is 0 Å². The second-order valence-corrected chi connectivity index (χ2v) is 3.85. The number of carbonyl (C=O) groups excluding carboxylic acids is 1. The third-order valence-corrected chi connectivity index (χ3v) is 2.43. The van der Waals surface area contributed by atoms with Crippen LogP contribution in [-0.2, 0) is 18.3 Å². The number of anilines is 2. The van der Waals surface area contributed by atoms with E-state index < -0.39 is 11.9 Å². The SMILES string of the molecule is CCCc1nn(C)c(NC(C)C(N)=O)c1N. The van der Waals surface area contributed by atoms with Gasteiger partial charge in [-0.1, -0.05) is 13.3 Å². The van der Waals surface area contributed by atoms with Crippen molar-refractivity contribution in [2.45, 2.75) is 32.7 Å². The molecule has 90 valence electrons. The highest BCUT2D eigenvalue weighted by Gasteiger charge is 2.16. The van der Waals surface area contributed by atoms with Gasteiger partial charge in [0.05, 0.1) is 11.4 Å². The number of nitrogens with zero attached hydrogens (tertiary/aromatic N) is 2. The Morgan fingerprint density at radius 3 is 2.75 bits per heavy atom. The second kappa shape index (κ2) is 4.87. The lowest BCUT2D eigenvalue weighted by Gasteiger charge is -2.12. The zero-order valence-electron chi connectivity index (χ0n) is 9.95. The molecule has 1 aromatic heterocycles. The molecule has 0 bridgehead atoms. The molecule has 0 fully saturated rings. The van der Waals surface area contributed by atoms with Crippen molar-refractivity contribution in [1.29, 1.82) is 0 Å². The van der Waals surface area contributed by atoms with Crippen molar-refractivity contribution in [2.75, 3.05) is 11.1 Å². The number of hydrogen-bond donors (Lipinski definition) is 3. The Morgan fingerprint density at radius 1 is 1.62 bits per heavy atom. The van der Waals surface area contributed by atoms with Crippen LogP contribution in [0.1, 0.15) is 26.0 Å². The maximum absolute atomic E-state index is 10.9. The molecule has 5 N–H and O–H groups in total. The Hall–Kier alpha value is -1.72. The van der Waals surface area contributed by atoms with E-state index in [1.165, 1.54) is 0 Å². The summed E-state index contributed by atoms with van der Waals surface area (Å²) in [5.41, 5.74) is 12.6. The number of aryl methyl sites for hydroxylation is 2. The Bertz CT molecular complexity index is 385. The maximum atomic E-state index is 10.9. The molecule has 1 rings (SSSR count). The Balaban J connectivity index is 2.91. The summed E-state index contributed by atoms with van der Waals surface area (Å²) in [7, 11) is 1.78. The molecule has 0 aliphatic heterocycles. The number of nitrogens with one attached hydrogen (secondary N) is 1. The highest BCUT2D eigenvalue weighted by atomic mass is 16.1. The normalized spacial score (nSPS) is 12.4. The van der Waals surface area contributed by atoms with E-state index in [2.05, 4.69) is 17.3 Å². The molecule has 0 spiro atoms. The Morgan fingerprint density at radius 2 is 2.25 bits per heavy atom. The summed E-state index contributed by atoms with van der Waals surface area (Å²) in [5.74, 6) is 0.229. The van der Waals surface area contributed by atoms with E-state index in [-0.39, 0.29) is 0 Å². The van der Waals surface area contributed by atoms with E-state index in [0.717, 1.165) is 18.5 Å². The zero-order valence-corrected chi connectivity index (χ0v) is 9.95. The van der Waals surface area contributed by atoms with E-state index in [1.807, 2.05) is 0 Å². The number of aromatic nitrogens is 2.